The van der Waals surface area contributed by atoms with Gasteiger partial charge in [-0.3, -0.25) is 4.79 Å². The number of amides is 1. The Kier molecular flexibility index (Phi) is 7.70. The van der Waals surface area contributed by atoms with Crippen molar-refractivity contribution in [1.82, 2.24) is 5.32 Å². The Morgan fingerprint density at radius 1 is 0.944 bits per heavy atom. The molecule has 0 aliphatic heterocycles. The summed E-state index contributed by atoms with van der Waals surface area (Å²) in [5, 5.41) is 2.69. The van der Waals surface area contributed by atoms with Gasteiger partial charge in [-0.15, -0.1) is 0 Å². The van der Waals surface area contributed by atoms with Crippen molar-refractivity contribution >= 4 is 21.7 Å². The van der Waals surface area contributed by atoms with Gasteiger partial charge in [-0.1, -0.05) is 72.3 Å². The van der Waals surface area contributed by atoms with Crippen molar-refractivity contribution in [3.63, 3.8) is 0 Å². The highest BCUT2D eigenvalue weighted by atomic mass is 32.2. The summed E-state index contributed by atoms with van der Waals surface area (Å²) in [5.74, 6) is -0.633. The van der Waals surface area contributed by atoms with Gasteiger partial charge in [0.1, 0.15) is 6.61 Å². The van der Waals surface area contributed by atoms with Crippen molar-refractivity contribution in [2.45, 2.75) is 37.1 Å². The molecule has 1 atom stereocenters. The Labute approximate surface area is 211 Å². The third-order valence-electron chi connectivity index (χ3n) is 6.26. The van der Waals surface area contributed by atoms with Crippen LogP contribution in [0.4, 0.5) is 4.79 Å². The van der Waals surface area contributed by atoms with Crippen molar-refractivity contribution in [2.75, 3.05) is 12.4 Å². The molecule has 3 aromatic rings. The third kappa shape index (κ3) is 5.91. The summed E-state index contributed by atoms with van der Waals surface area (Å²) in [6.07, 6.45) is 2.12. The first kappa shape index (κ1) is 25.4. The highest BCUT2D eigenvalue weighted by Gasteiger charge is 2.29. The Morgan fingerprint density at radius 3 is 2.14 bits per heavy atom. The van der Waals surface area contributed by atoms with Crippen molar-refractivity contribution < 1.29 is 22.7 Å². The number of fused-ring (bicyclic) bond motifs is 3. The molecule has 0 fully saturated rings. The Balaban J connectivity index is 1.26. The summed E-state index contributed by atoms with van der Waals surface area (Å²) < 4.78 is 30.4. The number of aryl methyl sites for hydroxylation is 1. The SMILES string of the molecule is Cc1ccc(S(=O)(=O)CCC(=O)/C=C/[C@H](C)NC(=O)OCC2c3ccccc3-c3ccccc32)cc1. The largest absolute Gasteiger partial charge is 0.449 e. The number of alkyl carbamates (subject to hydrolysis) is 1. The molecule has 0 spiro atoms. The third-order valence-corrected chi connectivity index (χ3v) is 7.99. The van der Waals surface area contributed by atoms with E-state index < -0.39 is 22.0 Å². The molecule has 1 aliphatic rings. The molecule has 4 rings (SSSR count). The van der Waals surface area contributed by atoms with Crippen LogP contribution >= 0.6 is 0 Å². The van der Waals surface area contributed by atoms with Gasteiger partial charge in [0.2, 0.25) is 0 Å². The van der Waals surface area contributed by atoms with Crippen LogP contribution < -0.4 is 5.32 Å². The minimum atomic E-state index is -3.53. The average molecular weight is 504 g/mol. The number of benzene rings is 3. The smallest absolute Gasteiger partial charge is 0.407 e. The molecular formula is C29H29NO5S. The van der Waals surface area contributed by atoms with E-state index in [1.807, 2.05) is 31.2 Å². The Bertz CT molecular complexity index is 1350. The van der Waals surface area contributed by atoms with Crippen LogP contribution in [0.5, 0.6) is 0 Å². The molecule has 1 aliphatic carbocycles. The molecular weight excluding hydrogens is 474 g/mol. The van der Waals surface area contributed by atoms with E-state index in [0.717, 1.165) is 27.8 Å². The number of sulfone groups is 1. The first-order valence-corrected chi connectivity index (χ1v) is 13.5. The van der Waals surface area contributed by atoms with Gasteiger partial charge < -0.3 is 10.1 Å². The highest BCUT2D eigenvalue weighted by molar-refractivity contribution is 7.91. The lowest BCUT2D eigenvalue weighted by molar-refractivity contribution is -0.114. The van der Waals surface area contributed by atoms with Crippen LogP contribution in [0, 0.1) is 6.92 Å². The second-order valence-electron chi connectivity index (χ2n) is 8.97. The van der Waals surface area contributed by atoms with Gasteiger partial charge in [-0.25, -0.2) is 13.2 Å². The maximum Gasteiger partial charge on any atom is 0.407 e. The standard InChI is InChI=1S/C29H29NO5S/c1-20-11-15-23(16-12-20)36(33,34)18-17-22(31)14-13-21(2)30-29(32)35-19-28-26-9-5-3-7-24(26)25-8-4-6-10-27(25)28/h3-16,21,28H,17-19H2,1-2H3,(H,30,32)/b14-13+/t21-/m0/s1. The van der Waals surface area contributed by atoms with E-state index in [4.69, 9.17) is 4.74 Å². The van der Waals surface area contributed by atoms with E-state index in [1.54, 1.807) is 31.2 Å². The predicted molar refractivity (Wildman–Crippen MR) is 140 cm³/mol. The number of nitrogens with one attached hydrogen (secondary N) is 1. The number of carbonyl (C=O) groups is 2. The lowest BCUT2D eigenvalue weighted by atomic mass is 9.98. The zero-order valence-electron chi connectivity index (χ0n) is 20.3. The number of rotatable bonds is 9. The molecule has 6 nitrogen and oxygen atoms in total. The molecule has 0 bridgehead atoms. The first-order chi connectivity index (χ1) is 17.2. The van der Waals surface area contributed by atoms with Gasteiger partial charge >= 0.3 is 6.09 Å². The van der Waals surface area contributed by atoms with Crippen molar-refractivity contribution in [1.29, 1.82) is 0 Å². The summed E-state index contributed by atoms with van der Waals surface area (Å²) >= 11 is 0. The number of allylic oxidation sites excluding steroid dienone is 1. The molecule has 0 unspecified atom stereocenters. The number of carbonyl (C=O) groups excluding carboxylic acids is 2. The second kappa shape index (κ2) is 10.9. The van der Waals surface area contributed by atoms with Crippen molar-refractivity contribution in [2.24, 2.45) is 0 Å². The molecule has 0 aromatic heterocycles. The minimum Gasteiger partial charge on any atom is -0.449 e. The molecule has 3 aromatic carbocycles. The maximum atomic E-state index is 12.4. The molecule has 0 heterocycles. The van der Waals surface area contributed by atoms with E-state index >= 15 is 0 Å². The van der Waals surface area contributed by atoms with Crippen LogP contribution in [0.15, 0.2) is 89.8 Å². The fraction of sp³-hybridized carbons (Fsp3) is 0.241. The average Bonchev–Trinajstić information content (AvgIpc) is 3.19. The molecule has 36 heavy (non-hydrogen) atoms. The molecule has 0 saturated carbocycles. The van der Waals surface area contributed by atoms with Gasteiger partial charge in [-0.05, 0) is 54.3 Å². The quantitative estimate of drug-likeness (QED) is 0.405. The summed E-state index contributed by atoms with van der Waals surface area (Å²) in [5.41, 5.74) is 5.53. The number of ketones is 1. The fourth-order valence-corrected chi connectivity index (χ4v) is 5.56. The van der Waals surface area contributed by atoms with Crippen LogP contribution in [0.2, 0.25) is 0 Å². The Morgan fingerprint density at radius 2 is 1.53 bits per heavy atom. The molecule has 1 N–H and O–H groups in total. The van der Waals surface area contributed by atoms with Gasteiger partial charge in [0.25, 0.3) is 0 Å². The van der Waals surface area contributed by atoms with Crippen LogP contribution in [0.25, 0.3) is 11.1 Å². The molecule has 0 radical (unpaired) electrons. The van der Waals surface area contributed by atoms with Crippen LogP contribution in [0.3, 0.4) is 0 Å². The minimum absolute atomic E-state index is 0.0361. The zero-order valence-corrected chi connectivity index (χ0v) is 21.1. The van der Waals surface area contributed by atoms with Crippen molar-refractivity contribution in [3.8, 4) is 11.1 Å². The van der Waals surface area contributed by atoms with Crippen LogP contribution in [-0.2, 0) is 19.4 Å². The summed E-state index contributed by atoms with van der Waals surface area (Å²) in [6, 6.07) is 22.3. The van der Waals surface area contributed by atoms with Gasteiger partial charge in [0, 0.05) is 18.4 Å². The highest BCUT2D eigenvalue weighted by Crippen LogP contribution is 2.44. The van der Waals surface area contributed by atoms with E-state index in [1.165, 1.54) is 12.2 Å². The van der Waals surface area contributed by atoms with E-state index in [0.29, 0.717) is 0 Å². The topological polar surface area (TPSA) is 89.5 Å². The summed E-state index contributed by atoms with van der Waals surface area (Å²) in [4.78, 5) is 24.8. The van der Waals surface area contributed by atoms with E-state index in [-0.39, 0.29) is 35.4 Å². The zero-order chi connectivity index (χ0) is 25.7. The first-order valence-electron chi connectivity index (χ1n) is 11.9. The maximum absolute atomic E-state index is 12.4. The fourth-order valence-electron chi connectivity index (χ4n) is 4.31. The molecule has 1 amide bonds. The number of hydrogen-bond acceptors (Lipinski definition) is 5. The van der Waals surface area contributed by atoms with Crippen molar-refractivity contribution in [3.05, 3.63) is 102 Å². The monoisotopic (exact) mass is 503 g/mol. The molecule has 0 saturated heterocycles. The van der Waals surface area contributed by atoms with E-state index in [2.05, 4.69) is 29.6 Å². The lowest BCUT2D eigenvalue weighted by Crippen LogP contribution is -2.32. The lowest BCUT2D eigenvalue weighted by Gasteiger charge is -2.16. The van der Waals surface area contributed by atoms with Gasteiger partial charge in [0.05, 0.1) is 10.6 Å². The van der Waals surface area contributed by atoms with Gasteiger partial charge in [-0.2, -0.15) is 0 Å². The molecule has 186 valence electrons. The number of hydrogen-bond donors (Lipinski definition) is 1. The predicted octanol–water partition coefficient (Wildman–Crippen LogP) is 5.21. The summed E-state index contributed by atoms with van der Waals surface area (Å²) in [6.45, 7) is 3.79. The second-order valence-corrected chi connectivity index (χ2v) is 11.1. The summed E-state index contributed by atoms with van der Waals surface area (Å²) in [7, 11) is -3.53. The Hall–Kier alpha value is -3.71. The van der Waals surface area contributed by atoms with Crippen LogP contribution in [-0.4, -0.2) is 38.7 Å². The van der Waals surface area contributed by atoms with Crippen LogP contribution in [0.1, 0.15) is 36.0 Å². The van der Waals surface area contributed by atoms with Gasteiger partial charge in [0.15, 0.2) is 15.6 Å². The van der Waals surface area contributed by atoms with E-state index in [9.17, 15) is 18.0 Å². The molecule has 7 heteroatoms. The number of ether oxygens (including phenoxy) is 1. The normalized spacial score (nSPS) is 13.7.